The number of amides is 1. The Morgan fingerprint density at radius 3 is 2.55 bits per heavy atom. The molecule has 114 valence electrons. The molecular formula is C17H16ClNO3. The molecule has 1 N–H and O–H groups in total. The van der Waals surface area contributed by atoms with Crippen LogP contribution in [0.1, 0.15) is 34.6 Å². The lowest BCUT2D eigenvalue weighted by Crippen LogP contribution is -2.13. The van der Waals surface area contributed by atoms with Gasteiger partial charge in [0.15, 0.2) is 5.78 Å². The minimum absolute atomic E-state index is 0.0821. The van der Waals surface area contributed by atoms with E-state index in [1.165, 1.54) is 6.92 Å². The monoisotopic (exact) mass is 317 g/mol. The summed E-state index contributed by atoms with van der Waals surface area (Å²) < 4.78 is 5.48. The third-order valence-electron chi connectivity index (χ3n) is 3.02. The molecule has 0 aromatic heterocycles. The lowest BCUT2D eigenvalue weighted by atomic mass is 10.1. The van der Waals surface area contributed by atoms with Crippen molar-refractivity contribution in [3.05, 3.63) is 58.6 Å². The molecule has 0 saturated heterocycles. The molecule has 5 heteroatoms. The number of Topliss-reactive ketones (excluding diaryl/α,β-unsaturated/α-hetero) is 1. The summed E-state index contributed by atoms with van der Waals surface area (Å²) in [5.41, 5.74) is 1.40. The maximum atomic E-state index is 12.3. The van der Waals surface area contributed by atoms with E-state index in [0.29, 0.717) is 34.2 Å². The van der Waals surface area contributed by atoms with Crippen molar-refractivity contribution in [2.75, 3.05) is 11.9 Å². The Morgan fingerprint density at radius 2 is 1.91 bits per heavy atom. The van der Waals surface area contributed by atoms with Crippen molar-refractivity contribution >= 4 is 29.0 Å². The van der Waals surface area contributed by atoms with Crippen LogP contribution in [0.25, 0.3) is 0 Å². The van der Waals surface area contributed by atoms with Crippen molar-refractivity contribution in [1.29, 1.82) is 0 Å². The van der Waals surface area contributed by atoms with Crippen LogP contribution in [0.3, 0.4) is 0 Å². The summed E-state index contributed by atoms with van der Waals surface area (Å²) in [6, 6.07) is 11.6. The Labute approximate surface area is 134 Å². The second-order valence-corrected chi connectivity index (χ2v) is 5.10. The Morgan fingerprint density at radius 1 is 1.14 bits per heavy atom. The van der Waals surface area contributed by atoms with Crippen molar-refractivity contribution in [1.82, 2.24) is 0 Å². The Balaban J connectivity index is 2.32. The lowest BCUT2D eigenvalue weighted by Gasteiger charge is -2.13. The average Bonchev–Trinajstić information content (AvgIpc) is 2.49. The van der Waals surface area contributed by atoms with Crippen LogP contribution in [0.5, 0.6) is 5.75 Å². The van der Waals surface area contributed by atoms with Gasteiger partial charge in [0.2, 0.25) is 0 Å². The van der Waals surface area contributed by atoms with Crippen molar-refractivity contribution in [2.24, 2.45) is 0 Å². The average molecular weight is 318 g/mol. The number of halogens is 1. The predicted molar refractivity (Wildman–Crippen MR) is 87.0 cm³/mol. The molecule has 0 fully saturated rings. The van der Waals surface area contributed by atoms with E-state index in [1.54, 1.807) is 42.5 Å². The summed E-state index contributed by atoms with van der Waals surface area (Å²) in [6.07, 6.45) is 0. The fraction of sp³-hybridized carbons (Fsp3) is 0.176. The zero-order valence-corrected chi connectivity index (χ0v) is 13.1. The number of anilines is 1. The first kappa shape index (κ1) is 16.0. The van der Waals surface area contributed by atoms with Gasteiger partial charge in [-0.05, 0) is 50.2 Å². The largest absolute Gasteiger partial charge is 0.492 e. The van der Waals surface area contributed by atoms with Gasteiger partial charge in [-0.15, -0.1) is 0 Å². The van der Waals surface area contributed by atoms with E-state index >= 15 is 0 Å². The highest BCUT2D eigenvalue weighted by Gasteiger charge is 2.12. The topological polar surface area (TPSA) is 55.4 Å². The molecule has 2 aromatic carbocycles. The fourth-order valence-electron chi connectivity index (χ4n) is 1.95. The van der Waals surface area contributed by atoms with Gasteiger partial charge in [0.05, 0.1) is 12.3 Å². The van der Waals surface area contributed by atoms with Crippen LogP contribution >= 0.6 is 11.6 Å². The number of hydrogen-bond donors (Lipinski definition) is 1. The summed E-state index contributed by atoms with van der Waals surface area (Å²) in [7, 11) is 0. The molecule has 0 unspecified atom stereocenters. The van der Waals surface area contributed by atoms with Crippen molar-refractivity contribution in [3.8, 4) is 5.75 Å². The van der Waals surface area contributed by atoms with E-state index in [-0.39, 0.29) is 11.7 Å². The van der Waals surface area contributed by atoms with Gasteiger partial charge in [0, 0.05) is 16.1 Å². The molecule has 0 aliphatic rings. The molecule has 1 amide bonds. The van der Waals surface area contributed by atoms with Crippen LogP contribution in [0.2, 0.25) is 5.02 Å². The molecule has 2 rings (SSSR count). The quantitative estimate of drug-likeness (QED) is 0.841. The van der Waals surface area contributed by atoms with E-state index in [2.05, 4.69) is 5.32 Å². The second kappa shape index (κ2) is 7.09. The number of carbonyl (C=O) groups is 2. The van der Waals surface area contributed by atoms with Crippen LogP contribution in [0, 0.1) is 0 Å². The molecule has 22 heavy (non-hydrogen) atoms. The minimum Gasteiger partial charge on any atom is -0.492 e. The number of rotatable bonds is 5. The number of ether oxygens (including phenoxy) is 1. The van der Waals surface area contributed by atoms with E-state index < -0.39 is 0 Å². The first-order valence-electron chi connectivity index (χ1n) is 6.86. The van der Waals surface area contributed by atoms with Crippen LogP contribution < -0.4 is 10.1 Å². The third-order valence-corrected chi connectivity index (χ3v) is 3.26. The zero-order chi connectivity index (χ0) is 16.1. The van der Waals surface area contributed by atoms with Gasteiger partial charge >= 0.3 is 0 Å². The Kier molecular flexibility index (Phi) is 5.17. The van der Waals surface area contributed by atoms with Gasteiger partial charge in [-0.2, -0.15) is 0 Å². The highest BCUT2D eigenvalue weighted by atomic mass is 35.5. The standard InChI is InChI=1S/C17H16ClNO3/c1-3-22-16-8-7-12(11(2)20)10-15(16)19-17(21)13-5-4-6-14(18)9-13/h4-10H,3H2,1-2H3,(H,19,21). The van der Waals surface area contributed by atoms with E-state index in [0.717, 1.165) is 0 Å². The first-order chi connectivity index (χ1) is 10.5. The second-order valence-electron chi connectivity index (χ2n) is 4.66. The number of carbonyl (C=O) groups excluding carboxylic acids is 2. The summed E-state index contributed by atoms with van der Waals surface area (Å²) >= 11 is 5.89. The maximum Gasteiger partial charge on any atom is 0.255 e. The molecule has 0 radical (unpaired) electrons. The molecule has 0 spiro atoms. The van der Waals surface area contributed by atoms with Crippen molar-refractivity contribution in [2.45, 2.75) is 13.8 Å². The molecule has 0 aliphatic carbocycles. The summed E-state index contributed by atoms with van der Waals surface area (Å²) in [6.45, 7) is 3.78. The third kappa shape index (κ3) is 3.86. The van der Waals surface area contributed by atoms with Gasteiger partial charge in [0.25, 0.3) is 5.91 Å². The highest BCUT2D eigenvalue weighted by Crippen LogP contribution is 2.27. The minimum atomic E-state index is -0.316. The molecule has 0 bridgehead atoms. The number of ketones is 1. The van der Waals surface area contributed by atoms with Crippen LogP contribution in [0.15, 0.2) is 42.5 Å². The molecule has 0 saturated carbocycles. The van der Waals surface area contributed by atoms with Gasteiger partial charge in [-0.25, -0.2) is 0 Å². The van der Waals surface area contributed by atoms with Gasteiger partial charge in [-0.1, -0.05) is 17.7 Å². The SMILES string of the molecule is CCOc1ccc(C(C)=O)cc1NC(=O)c1cccc(Cl)c1. The summed E-state index contributed by atoms with van der Waals surface area (Å²) in [5, 5.41) is 3.24. The van der Waals surface area contributed by atoms with Gasteiger partial charge < -0.3 is 10.1 Å². The molecule has 0 atom stereocenters. The van der Waals surface area contributed by atoms with Crippen molar-refractivity contribution < 1.29 is 14.3 Å². The van der Waals surface area contributed by atoms with Crippen LogP contribution in [-0.4, -0.2) is 18.3 Å². The fourth-order valence-corrected chi connectivity index (χ4v) is 2.14. The Hall–Kier alpha value is -2.33. The maximum absolute atomic E-state index is 12.3. The van der Waals surface area contributed by atoms with Gasteiger partial charge in [0.1, 0.15) is 5.75 Å². The van der Waals surface area contributed by atoms with E-state index in [1.807, 2.05) is 6.92 Å². The summed E-state index contributed by atoms with van der Waals surface area (Å²) in [5.74, 6) is 0.119. The van der Waals surface area contributed by atoms with E-state index in [4.69, 9.17) is 16.3 Å². The molecule has 0 aliphatic heterocycles. The number of nitrogens with one attached hydrogen (secondary N) is 1. The first-order valence-corrected chi connectivity index (χ1v) is 7.23. The van der Waals surface area contributed by atoms with E-state index in [9.17, 15) is 9.59 Å². The summed E-state index contributed by atoms with van der Waals surface area (Å²) in [4.78, 5) is 23.8. The van der Waals surface area contributed by atoms with Crippen molar-refractivity contribution in [3.63, 3.8) is 0 Å². The zero-order valence-electron chi connectivity index (χ0n) is 12.4. The molecule has 0 heterocycles. The van der Waals surface area contributed by atoms with Gasteiger partial charge in [-0.3, -0.25) is 9.59 Å². The highest BCUT2D eigenvalue weighted by molar-refractivity contribution is 6.31. The molecule has 4 nitrogen and oxygen atoms in total. The normalized spacial score (nSPS) is 10.1. The predicted octanol–water partition coefficient (Wildman–Crippen LogP) is 4.19. The Bertz CT molecular complexity index is 713. The lowest BCUT2D eigenvalue weighted by molar-refractivity contribution is 0.101. The number of hydrogen-bond acceptors (Lipinski definition) is 3. The molecular weight excluding hydrogens is 302 g/mol. The van der Waals surface area contributed by atoms with Crippen LogP contribution in [-0.2, 0) is 0 Å². The molecule has 2 aromatic rings. The number of benzene rings is 2. The van der Waals surface area contributed by atoms with Crippen LogP contribution in [0.4, 0.5) is 5.69 Å². The smallest absolute Gasteiger partial charge is 0.255 e.